The maximum atomic E-state index is 13.5. The molecule has 3 heterocycles. The molecule has 36 heavy (non-hydrogen) atoms. The van der Waals surface area contributed by atoms with E-state index in [9.17, 15) is 28.2 Å². The van der Waals surface area contributed by atoms with Gasteiger partial charge in [0.05, 0.1) is 45.7 Å². The highest BCUT2D eigenvalue weighted by molar-refractivity contribution is 5.72. The molecule has 5 rings (SSSR count). The van der Waals surface area contributed by atoms with Crippen molar-refractivity contribution in [1.82, 2.24) is 9.88 Å². The average molecular weight is 499 g/mol. The molecule has 1 saturated heterocycles. The van der Waals surface area contributed by atoms with E-state index in [0.717, 1.165) is 10.6 Å². The Morgan fingerprint density at radius 2 is 1.83 bits per heavy atom. The molecule has 8 nitrogen and oxygen atoms in total. The van der Waals surface area contributed by atoms with Gasteiger partial charge in [0.25, 0.3) is 0 Å². The van der Waals surface area contributed by atoms with Gasteiger partial charge < -0.3 is 25.0 Å². The quantitative estimate of drug-likeness (QED) is 0.477. The number of nitriles is 1. The molecule has 0 radical (unpaired) electrons. The molecule has 2 aromatic carbocycles. The van der Waals surface area contributed by atoms with Gasteiger partial charge in [-0.1, -0.05) is 18.2 Å². The predicted molar refractivity (Wildman–Crippen MR) is 119 cm³/mol. The van der Waals surface area contributed by atoms with Crippen LogP contribution in [-0.4, -0.2) is 26.9 Å². The molecule has 1 aromatic heterocycles. The van der Waals surface area contributed by atoms with Crippen molar-refractivity contribution in [2.24, 2.45) is 0 Å². The predicted octanol–water partition coefficient (Wildman–Crippen LogP) is 4.80. The fourth-order valence-electron chi connectivity index (χ4n) is 5.27. The van der Waals surface area contributed by atoms with E-state index in [2.05, 4.69) is 5.32 Å². The van der Waals surface area contributed by atoms with Crippen LogP contribution in [0.1, 0.15) is 42.5 Å². The van der Waals surface area contributed by atoms with Crippen molar-refractivity contribution in [3.63, 3.8) is 0 Å². The fraction of sp³-hybridized carbons (Fsp3) is 0.280. The van der Waals surface area contributed by atoms with E-state index in [1.54, 1.807) is 44.2 Å². The third-order valence-electron chi connectivity index (χ3n) is 6.77. The van der Waals surface area contributed by atoms with Crippen molar-refractivity contribution < 1.29 is 37.7 Å². The van der Waals surface area contributed by atoms with E-state index in [4.69, 9.17) is 14.7 Å². The van der Waals surface area contributed by atoms with Crippen LogP contribution in [0.15, 0.2) is 48.5 Å². The van der Waals surface area contributed by atoms with E-state index in [1.807, 2.05) is 0 Å². The molecule has 2 bridgehead atoms. The molecule has 3 N–H and O–H groups in total. The number of aromatic hydroxyl groups is 2. The summed E-state index contributed by atoms with van der Waals surface area (Å²) >= 11 is 0. The van der Waals surface area contributed by atoms with Crippen molar-refractivity contribution in [2.45, 2.75) is 43.7 Å². The first kappa shape index (κ1) is 23.6. The molecule has 3 atom stereocenters. The molecule has 1 amide bonds. The van der Waals surface area contributed by atoms with Gasteiger partial charge in [0.1, 0.15) is 11.4 Å². The van der Waals surface area contributed by atoms with Crippen molar-refractivity contribution in [3.05, 3.63) is 70.8 Å². The zero-order chi connectivity index (χ0) is 26.0. The van der Waals surface area contributed by atoms with Crippen LogP contribution in [0, 0.1) is 11.3 Å². The summed E-state index contributed by atoms with van der Waals surface area (Å²) in [5.41, 5.74) is -4.08. The lowest BCUT2D eigenvalue weighted by atomic mass is 9.76. The van der Waals surface area contributed by atoms with E-state index in [1.165, 1.54) is 12.1 Å². The number of rotatable bonds is 3. The Balaban J connectivity index is 1.54. The Morgan fingerprint density at radius 3 is 2.47 bits per heavy atom. The van der Waals surface area contributed by atoms with Crippen molar-refractivity contribution in [1.29, 1.82) is 5.26 Å². The number of carbonyl (C=O) groups is 1. The Labute approximate surface area is 203 Å². The Morgan fingerprint density at radius 1 is 1.17 bits per heavy atom. The summed E-state index contributed by atoms with van der Waals surface area (Å²) in [7, 11) is 0. The normalized spacial score (nSPS) is 24.3. The highest BCUT2D eigenvalue weighted by Gasteiger charge is 2.65. The van der Waals surface area contributed by atoms with Gasteiger partial charge in [-0.2, -0.15) is 18.4 Å². The van der Waals surface area contributed by atoms with E-state index >= 15 is 0 Å². The summed E-state index contributed by atoms with van der Waals surface area (Å²) in [6.07, 6.45) is -5.37. The van der Waals surface area contributed by atoms with Crippen LogP contribution in [0.4, 0.5) is 18.0 Å². The van der Waals surface area contributed by atoms with Crippen LogP contribution in [0.3, 0.4) is 0 Å². The monoisotopic (exact) mass is 499 g/mol. The van der Waals surface area contributed by atoms with Gasteiger partial charge >= 0.3 is 12.3 Å². The zero-order valence-electron chi connectivity index (χ0n) is 19.1. The maximum Gasteiger partial charge on any atom is 0.417 e. The molecule has 0 saturated carbocycles. The maximum absolute atomic E-state index is 13.5. The number of hydrogen-bond acceptors (Lipinski definition) is 6. The fourth-order valence-corrected chi connectivity index (χ4v) is 5.27. The third-order valence-corrected chi connectivity index (χ3v) is 6.77. The van der Waals surface area contributed by atoms with Crippen LogP contribution in [0.2, 0.25) is 0 Å². The molecule has 0 spiro atoms. The Hall–Kier alpha value is -4.17. The van der Waals surface area contributed by atoms with Crippen molar-refractivity contribution in [2.75, 3.05) is 0 Å². The standard InChI is InChI=1S/C25H20F3N3O5/c1-23-11-17(30-22(34)35-15-6-4-3-5-7-15)24(2,36-23)19-18(23)20(32)31(21(19)33)14-9-8-13(12-29)16(10-14)25(26,27)28/h3-10,17,32-33H,11H2,1-2H3,(H,30,34)/t17-,23?,24?/m1/s1. The van der Waals surface area contributed by atoms with Gasteiger partial charge in [-0.15, -0.1) is 0 Å². The minimum atomic E-state index is -4.82. The summed E-state index contributed by atoms with van der Waals surface area (Å²) in [6.45, 7) is 3.27. The number of benzene rings is 2. The first-order chi connectivity index (χ1) is 16.9. The van der Waals surface area contributed by atoms with E-state index < -0.39 is 52.4 Å². The van der Waals surface area contributed by atoms with E-state index in [0.29, 0.717) is 11.8 Å². The largest absolute Gasteiger partial charge is 0.494 e. The van der Waals surface area contributed by atoms with Crippen LogP contribution in [-0.2, 0) is 22.1 Å². The number of amides is 1. The minimum absolute atomic E-state index is 0.150. The molecule has 11 heteroatoms. The SMILES string of the molecule is CC12C[C@@H](NC(=O)Oc3ccccc3)C(C)(O1)c1c2c(O)n(-c2ccc(C#N)c(C(F)(F)F)c2)c1O. The van der Waals surface area contributed by atoms with Gasteiger partial charge in [-0.05, 0) is 44.2 Å². The number of halogens is 3. The zero-order valence-corrected chi connectivity index (χ0v) is 19.1. The van der Waals surface area contributed by atoms with Crippen LogP contribution in [0.25, 0.3) is 5.69 Å². The topological polar surface area (TPSA) is 117 Å². The number of hydrogen-bond donors (Lipinski definition) is 3. The Kier molecular flexibility index (Phi) is 5.02. The summed E-state index contributed by atoms with van der Waals surface area (Å²) in [5.74, 6) is -0.699. The number of para-hydroxylation sites is 1. The third kappa shape index (κ3) is 3.37. The van der Waals surface area contributed by atoms with Crippen LogP contribution >= 0.6 is 0 Å². The van der Waals surface area contributed by atoms with Gasteiger partial charge in [-0.3, -0.25) is 4.57 Å². The van der Waals surface area contributed by atoms with Crippen molar-refractivity contribution in [3.8, 4) is 29.3 Å². The number of carbonyl (C=O) groups excluding carboxylic acids is 1. The second-order valence-corrected chi connectivity index (χ2v) is 9.12. The molecule has 2 aliphatic heterocycles. The highest BCUT2D eigenvalue weighted by atomic mass is 19.4. The molecule has 2 aliphatic rings. The van der Waals surface area contributed by atoms with Gasteiger partial charge in [0, 0.05) is 6.42 Å². The van der Waals surface area contributed by atoms with E-state index in [-0.39, 0.29) is 23.2 Å². The van der Waals surface area contributed by atoms with Crippen molar-refractivity contribution >= 4 is 6.09 Å². The molecular weight excluding hydrogens is 479 g/mol. The summed E-state index contributed by atoms with van der Waals surface area (Å²) in [4.78, 5) is 12.5. The minimum Gasteiger partial charge on any atom is -0.494 e. The smallest absolute Gasteiger partial charge is 0.417 e. The second-order valence-electron chi connectivity index (χ2n) is 9.12. The number of nitrogens with zero attached hydrogens (tertiary/aromatic N) is 2. The average Bonchev–Trinajstić information content (AvgIpc) is 3.33. The molecule has 186 valence electrons. The molecule has 3 aromatic rings. The number of aromatic nitrogens is 1. The first-order valence-corrected chi connectivity index (χ1v) is 10.9. The van der Waals surface area contributed by atoms with Crippen LogP contribution < -0.4 is 10.1 Å². The molecule has 2 unspecified atom stereocenters. The highest BCUT2D eigenvalue weighted by Crippen LogP contribution is 2.64. The summed E-state index contributed by atoms with van der Waals surface area (Å²) < 4.78 is 52.9. The van der Waals surface area contributed by atoms with Gasteiger partial charge in [-0.25, -0.2) is 4.79 Å². The molecule has 1 fully saturated rings. The van der Waals surface area contributed by atoms with Crippen LogP contribution in [0.5, 0.6) is 17.5 Å². The molecular formula is C25H20F3N3O5. The summed E-state index contributed by atoms with van der Waals surface area (Å²) in [6, 6.07) is 12.1. The van der Waals surface area contributed by atoms with Gasteiger partial charge in [0.2, 0.25) is 11.8 Å². The number of alkyl halides is 3. The second kappa shape index (κ2) is 7.66. The lowest BCUT2D eigenvalue weighted by molar-refractivity contribution is -0.137. The number of ether oxygens (including phenoxy) is 2. The summed E-state index contributed by atoms with van der Waals surface area (Å²) in [5, 5.41) is 34.0. The number of nitrogens with one attached hydrogen (secondary N) is 1. The Bertz CT molecular complexity index is 1430. The van der Waals surface area contributed by atoms with Gasteiger partial charge in [0.15, 0.2) is 0 Å². The lowest BCUT2D eigenvalue weighted by Gasteiger charge is -2.30. The number of fused-ring (bicyclic) bond motifs is 5. The molecule has 0 aliphatic carbocycles. The first-order valence-electron chi connectivity index (χ1n) is 10.9. The lowest BCUT2D eigenvalue weighted by Crippen LogP contribution is -2.47.